The van der Waals surface area contributed by atoms with Gasteiger partial charge in [-0.25, -0.2) is 13.8 Å². The number of carbonyl (C=O) groups is 1. The molecule has 0 aliphatic carbocycles. The average molecular weight is 498 g/mol. The molecule has 6 nitrogen and oxygen atoms in total. The van der Waals surface area contributed by atoms with Crippen LogP contribution in [-0.4, -0.2) is 20.0 Å². The van der Waals surface area contributed by atoms with Gasteiger partial charge in [-0.2, -0.15) is 5.10 Å². The van der Waals surface area contributed by atoms with Gasteiger partial charge in [0, 0.05) is 0 Å². The number of nitrogens with one attached hydrogen (secondary N) is 1. The predicted octanol–water partition coefficient (Wildman–Crippen LogP) is 5.54. The quantitative estimate of drug-likeness (QED) is 0.256. The third-order valence-corrected chi connectivity index (χ3v) is 7.49. The molecule has 4 rings (SSSR count). The molecule has 0 unspecified atom stereocenters. The molecule has 7 heteroatoms. The Morgan fingerprint density at radius 3 is 2.06 bits per heavy atom. The zero-order chi connectivity index (χ0) is 25.5. The number of hydrazone groups is 1. The third kappa shape index (κ3) is 5.70. The molecule has 1 amide bonds. The lowest BCUT2D eigenvalue weighted by Crippen LogP contribution is -2.33. The molecule has 0 heterocycles. The van der Waals surface area contributed by atoms with Crippen molar-refractivity contribution in [2.45, 2.75) is 25.3 Å². The second kappa shape index (κ2) is 11.0. The van der Waals surface area contributed by atoms with Crippen LogP contribution in [0.4, 0.5) is 5.69 Å². The van der Waals surface area contributed by atoms with Crippen LogP contribution in [0.25, 0.3) is 0 Å². The van der Waals surface area contributed by atoms with E-state index in [9.17, 15) is 13.2 Å². The van der Waals surface area contributed by atoms with E-state index in [4.69, 9.17) is 0 Å². The van der Waals surface area contributed by atoms with Gasteiger partial charge in [-0.1, -0.05) is 90.5 Å². The van der Waals surface area contributed by atoms with E-state index in [2.05, 4.69) is 10.5 Å². The van der Waals surface area contributed by atoms with Crippen molar-refractivity contribution in [1.82, 2.24) is 5.43 Å². The van der Waals surface area contributed by atoms with Crippen LogP contribution in [0.5, 0.6) is 0 Å². The number of anilines is 1. The van der Waals surface area contributed by atoms with E-state index in [0.717, 1.165) is 16.7 Å². The first kappa shape index (κ1) is 24.9. The maximum atomic E-state index is 13.8. The fourth-order valence-corrected chi connectivity index (χ4v) is 5.18. The predicted molar refractivity (Wildman–Crippen MR) is 144 cm³/mol. The van der Waals surface area contributed by atoms with E-state index in [0.29, 0.717) is 5.71 Å². The summed E-state index contributed by atoms with van der Waals surface area (Å²) >= 11 is 0. The summed E-state index contributed by atoms with van der Waals surface area (Å²) in [4.78, 5) is 13.4. The summed E-state index contributed by atoms with van der Waals surface area (Å²) in [6, 6.07) is 32.1. The van der Waals surface area contributed by atoms with Gasteiger partial charge in [-0.3, -0.25) is 9.10 Å². The van der Waals surface area contributed by atoms with Gasteiger partial charge in [0.15, 0.2) is 0 Å². The highest BCUT2D eigenvalue weighted by Gasteiger charge is 2.28. The van der Waals surface area contributed by atoms with Crippen molar-refractivity contribution in [3.8, 4) is 0 Å². The van der Waals surface area contributed by atoms with Gasteiger partial charge in [0.2, 0.25) is 0 Å². The SMILES string of the molecule is CC(=NNC(=O)c1ccccc1N(Cc1ccccc1)S(=O)(=O)c1ccc(C)cc1)c1ccccc1. The molecule has 1 N–H and O–H groups in total. The van der Waals surface area contributed by atoms with Crippen LogP contribution in [-0.2, 0) is 16.6 Å². The first-order valence-electron chi connectivity index (χ1n) is 11.5. The summed E-state index contributed by atoms with van der Waals surface area (Å²) in [5.41, 5.74) is 6.31. The molecule has 0 aromatic heterocycles. The Morgan fingerprint density at radius 2 is 1.39 bits per heavy atom. The number of nitrogens with zero attached hydrogens (tertiary/aromatic N) is 2. The summed E-state index contributed by atoms with van der Waals surface area (Å²) in [5, 5.41) is 4.23. The molecule has 0 atom stereocenters. The van der Waals surface area contributed by atoms with E-state index >= 15 is 0 Å². The number of amides is 1. The van der Waals surface area contributed by atoms with E-state index < -0.39 is 15.9 Å². The third-order valence-electron chi connectivity index (χ3n) is 5.71. The molecule has 0 fully saturated rings. The maximum Gasteiger partial charge on any atom is 0.273 e. The molecular formula is C29H27N3O3S. The molecule has 36 heavy (non-hydrogen) atoms. The Hall–Kier alpha value is -4.23. The number of aryl methyl sites for hydroxylation is 1. The molecule has 0 saturated heterocycles. The van der Waals surface area contributed by atoms with Gasteiger partial charge in [0.25, 0.3) is 15.9 Å². The number of benzene rings is 4. The highest BCUT2D eigenvalue weighted by atomic mass is 32.2. The first-order chi connectivity index (χ1) is 17.4. The molecule has 0 aliphatic rings. The Bertz CT molecular complexity index is 1470. The van der Waals surface area contributed by atoms with Crippen molar-refractivity contribution in [3.63, 3.8) is 0 Å². The first-order valence-corrected chi connectivity index (χ1v) is 12.9. The molecule has 0 radical (unpaired) electrons. The summed E-state index contributed by atoms with van der Waals surface area (Å²) in [7, 11) is -3.98. The minimum atomic E-state index is -3.98. The summed E-state index contributed by atoms with van der Waals surface area (Å²) in [6.45, 7) is 3.76. The molecule has 0 aliphatic heterocycles. The van der Waals surface area contributed by atoms with E-state index in [1.807, 2.05) is 67.6 Å². The lowest BCUT2D eigenvalue weighted by molar-refractivity contribution is 0.0955. The number of rotatable bonds is 8. The van der Waals surface area contributed by atoms with Crippen LogP contribution >= 0.6 is 0 Å². The monoisotopic (exact) mass is 497 g/mol. The Balaban J connectivity index is 1.73. The van der Waals surface area contributed by atoms with Gasteiger partial charge >= 0.3 is 0 Å². The van der Waals surface area contributed by atoms with Gasteiger partial charge in [0.05, 0.1) is 28.4 Å². The van der Waals surface area contributed by atoms with Crippen LogP contribution in [0.3, 0.4) is 0 Å². The van der Waals surface area contributed by atoms with Crippen LogP contribution in [0.15, 0.2) is 119 Å². The Kier molecular flexibility index (Phi) is 7.61. The van der Waals surface area contributed by atoms with Gasteiger partial charge in [-0.05, 0) is 49.2 Å². The topological polar surface area (TPSA) is 78.8 Å². The molecule has 182 valence electrons. The minimum absolute atomic E-state index is 0.0631. The van der Waals surface area contributed by atoms with Crippen molar-refractivity contribution in [2.24, 2.45) is 5.10 Å². The molecule has 0 spiro atoms. The zero-order valence-electron chi connectivity index (χ0n) is 20.1. The lowest BCUT2D eigenvalue weighted by Gasteiger charge is -2.26. The number of hydrogen-bond donors (Lipinski definition) is 1. The summed E-state index contributed by atoms with van der Waals surface area (Å²) in [5.74, 6) is -0.502. The smallest absolute Gasteiger partial charge is 0.267 e. The minimum Gasteiger partial charge on any atom is -0.267 e. The lowest BCUT2D eigenvalue weighted by atomic mass is 10.1. The van der Waals surface area contributed by atoms with Crippen molar-refractivity contribution >= 4 is 27.3 Å². The average Bonchev–Trinajstić information content (AvgIpc) is 2.91. The largest absolute Gasteiger partial charge is 0.273 e. The van der Waals surface area contributed by atoms with Crippen LogP contribution in [0, 0.1) is 6.92 Å². The summed E-state index contributed by atoms with van der Waals surface area (Å²) in [6.07, 6.45) is 0. The Morgan fingerprint density at radius 1 is 0.806 bits per heavy atom. The van der Waals surface area contributed by atoms with Crippen LogP contribution in [0.1, 0.15) is 34.0 Å². The molecule has 4 aromatic carbocycles. The number of para-hydroxylation sites is 1. The molecular weight excluding hydrogens is 470 g/mol. The molecule has 4 aromatic rings. The highest BCUT2D eigenvalue weighted by Crippen LogP contribution is 2.29. The van der Waals surface area contributed by atoms with Gasteiger partial charge < -0.3 is 0 Å². The number of carbonyl (C=O) groups excluding carboxylic acids is 1. The highest BCUT2D eigenvalue weighted by molar-refractivity contribution is 7.92. The van der Waals surface area contributed by atoms with Crippen molar-refractivity contribution < 1.29 is 13.2 Å². The van der Waals surface area contributed by atoms with E-state index in [1.54, 1.807) is 55.5 Å². The molecule has 0 bridgehead atoms. The van der Waals surface area contributed by atoms with Gasteiger partial charge in [-0.15, -0.1) is 0 Å². The van der Waals surface area contributed by atoms with Crippen LogP contribution in [0.2, 0.25) is 0 Å². The molecule has 0 saturated carbocycles. The summed E-state index contributed by atoms with van der Waals surface area (Å²) < 4.78 is 29.0. The van der Waals surface area contributed by atoms with E-state index in [1.165, 1.54) is 4.31 Å². The van der Waals surface area contributed by atoms with Crippen molar-refractivity contribution in [2.75, 3.05) is 4.31 Å². The van der Waals surface area contributed by atoms with E-state index in [-0.39, 0.29) is 22.7 Å². The number of hydrogen-bond acceptors (Lipinski definition) is 4. The fourth-order valence-electron chi connectivity index (χ4n) is 3.71. The second-order valence-electron chi connectivity index (χ2n) is 8.33. The number of sulfonamides is 1. The standard InChI is InChI=1S/C29H27N3O3S/c1-22-17-19-26(20-18-22)36(34,35)32(21-24-11-5-3-6-12-24)28-16-10-9-15-27(28)29(33)31-30-23(2)25-13-7-4-8-14-25/h3-20H,21H2,1-2H3,(H,31,33). The van der Waals surface area contributed by atoms with Crippen molar-refractivity contribution in [1.29, 1.82) is 0 Å². The normalized spacial score (nSPS) is 11.7. The van der Waals surface area contributed by atoms with Crippen molar-refractivity contribution in [3.05, 3.63) is 131 Å². The fraction of sp³-hybridized carbons (Fsp3) is 0.103. The zero-order valence-corrected chi connectivity index (χ0v) is 20.9. The second-order valence-corrected chi connectivity index (χ2v) is 10.2. The Labute approximate surface area is 212 Å². The van der Waals surface area contributed by atoms with Gasteiger partial charge in [0.1, 0.15) is 0 Å². The maximum absolute atomic E-state index is 13.8. The van der Waals surface area contributed by atoms with Crippen LogP contribution < -0.4 is 9.73 Å².